The van der Waals surface area contributed by atoms with Crippen molar-refractivity contribution in [1.82, 2.24) is 9.38 Å². The third-order valence-corrected chi connectivity index (χ3v) is 4.16. The molecule has 0 radical (unpaired) electrons. The van der Waals surface area contributed by atoms with Crippen LogP contribution in [0.1, 0.15) is 39.0 Å². The monoisotopic (exact) mass is 243 g/mol. The highest BCUT2D eigenvalue weighted by atomic mass is 15.1. The molecule has 3 heteroatoms. The minimum Gasteiger partial charge on any atom is -0.368 e. The van der Waals surface area contributed by atoms with Crippen molar-refractivity contribution in [2.24, 2.45) is 5.92 Å². The molecule has 0 spiro atoms. The predicted octanol–water partition coefficient (Wildman–Crippen LogP) is 3.72. The van der Waals surface area contributed by atoms with Crippen molar-refractivity contribution in [2.75, 3.05) is 5.32 Å². The largest absolute Gasteiger partial charge is 0.368 e. The van der Waals surface area contributed by atoms with Crippen LogP contribution in [-0.4, -0.2) is 15.4 Å². The summed E-state index contributed by atoms with van der Waals surface area (Å²) in [5.74, 6) is 1.97. The molecule has 0 aliphatic heterocycles. The maximum atomic E-state index is 4.32. The molecule has 1 N–H and O–H groups in total. The van der Waals surface area contributed by atoms with E-state index in [4.69, 9.17) is 0 Å². The third-order valence-electron chi connectivity index (χ3n) is 4.16. The van der Waals surface area contributed by atoms with Gasteiger partial charge >= 0.3 is 0 Å². The Balaban J connectivity index is 1.77. The van der Waals surface area contributed by atoms with Crippen molar-refractivity contribution in [3.63, 3.8) is 0 Å². The van der Waals surface area contributed by atoms with Crippen LogP contribution in [0, 0.1) is 5.92 Å². The number of pyridine rings is 1. The molecule has 2 heterocycles. The van der Waals surface area contributed by atoms with Crippen LogP contribution in [0.5, 0.6) is 0 Å². The molecule has 3 nitrogen and oxygen atoms in total. The number of aromatic nitrogens is 2. The number of hydrogen-bond donors (Lipinski definition) is 1. The number of anilines is 1. The van der Waals surface area contributed by atoms with Gasteiger partial charge in [-0.2, -0.15) is 0 Å². The van der Waals surface area contributed by atoms with E-state index in [9.17, 15) is 0 Å². The predicted molar refractivity (Wildman–Crippen MR) is 74.9 cm³/mol. The third kappa shape index (κ3) is 2.22. The smallest absolute Gasteiger partial charge is 0.138 e. The van der Waals surface area contributed by atoms with Crippen LogP contribution in [0.15, 0.2) is 30.6 Å². The molecule has 2 aromatic rings. The van der Waals surface area contributed by atoms with Gasteiger partial charge in [0, 0.05) is 18.4 Å². The lowest BCUT2D eigenvalue weighted by atomic mass is 9.84. The molecule has 18 heavy (non-hydrogen) atoms. The Hall–Kier alpha value is -1.51. The quantitative estimate of drug-likeness (QED) is 0.890. The molecule has 96 valence electrons. The van der Waals surface area contributed by atoms with Gasteiger partial charge in [-0.15, -0.1) is 0 Å². The van der Waals surface area contributed by atoms with Crippen molar-refractivity contribution >= 4 is 11.5 Å². The molecule has 0 aromatic carbocycles. The van der Waals surface area contributed by atoms with Gasteiger partial charge in [-0.25, -0.2) is 4.98 Å². The van der Waals surface area contributed by atoms with Crippen LogP contribution in [0.25, 0.3) is 5.65 Å². The second-order valence-electron chi connectivity index (χ2n) is 5.40. The van der Waals surface area contributed by atoms with Gasteiger partial charge in [-0.1, -0.05) is 25.3 Å². The van der Waals surface area contributed by atoms with Crippen LogP contribution in [-0.2, 0) is 0 Å². The van der Waals surface area contributed by atoms with Gasteiger partial charge in [-0.3, -0.25) is 4.40 Å². The zero-order valence-corrected chi connectivity index (χ0v) is 11.0. The fourth-order valence-corrected chi connectivity index (χ4v) is 3.05. The molecule has 2 aromatic heterocycles. The number of nitrogens with one attached hydrogen (secondary N) is 1. The molecule has 1 aliphatic carbocycles. The van der Waals surface area contributed by atoms with Gasteiger partial charge in [0.2, 0.25) is 0 Å². The van der Waals surface area contributed by atoms with Crippen LogP contribution in [0.2, 0.25) is 0 Å². The highest BCUT2D eigenvalue weighted by Gasteiger charge is 2.20. The van der Waals surface area contributed by atoms with Gasteiger partial charge in [0.15, 0.2) is 0 Å². The Morgan fingerprint density at radius 3 is 2.94 bits per heavy atom. The van der Waals surface area contributed by atoms with Crippen molar-refractivity contribution in [3.05, 3.63) is 30.6 Å². The first-order valence-corrected chi connectivity index (χ1v) is 7.03. The van der Waals surface area contributed by atoms with Crippen LogP contribution in [0.3, 0.4) is 0 Å². The average Bonchev–Trinajstić information content (AvgIpc) is 2.89. The van der Waals surface area contributed by atoms with E-state index < -0.39 is 0 Å². The summed E-state index contributed by atoms with van der Waals surface area (Å²) >= 11 is 0. The summed E-state index contributed by atoms with van der Waals surface area (Å²) in [7, 11) is 0. The van der Waals surface area contributed by atoms with Crippen LogP contribution < -0.4 is 5.32 Å². The number of fused-ring (bicyclic) bond motifs is 1. The number of imidazole rings is 1. The van der Waals surface area contributed by atoms with Crippen LogP contribution in [0.4, 0.5) is 5.82 Å². The van der Waals surface area contributed by atoms with Gasteiger partial charge in [0.1, 0.15) is 11.5 Å². The second kappa shape index (κ2) is 5.01. The molecule has 0 bridgehead atoms. The summed E-state index contributed by atoms with van der Waals surface area (Å²) in [6.45, 7) is 2.31. The first-order chi connectivity index (χ1) is 8.84. The molecule has 1 aliphatic rings. The lowest BCUT2D eigenvalue weighted by Crippen LogP contribution is -2.28. The van der Waals surface area contributed by atoms with Crippen LogP contribution >= 0.6 is 0 Å². The van der Waals surface area contributed by atoms with Crippen molar-refractivity contribution < 1.29 is 0 Å². The molecule has 1 atom stereocenters. The summed E-state index contributed by atoms with van der Waals surface area (Å²) in [5.41, 5.74) is 1.01. The number of nitrogens with zero attached hydrogens (tertiary/aromatic N) is 2. The SMILES string of the molecule is CC(Nc1cccc2nccn12)C1CCCCC1. The van der Waals surface area contributed by atoms with E-state index >= 15 is 0 Å². The minimum absolute atomic E-state index is 0.540. The zero-order chi connectivity index (χ0) is 12.4. The lowest BCUT2D eigenvalue weighted by Gasteiger charge is -2.29. The highest BCUT2D eigenvalue weighted by Crippen LogP contribution is 2.28. The standard InChI is InChI=1S/C15H21N3/c1-12(13-6-3-2-4-7-13)17-15-9-5-8-14-16-10-11-18(14)15/h5,8-13,17H,2-4,6-7H2,1H3. The van der Waals surface area contributed by atoms with Crippen molar-refractivity contribution in [3.8, 4) is 0 Å². The van der Waals surface area contributed by atoms with E-state index in [1.54, 1.807) is 0 Å². The molecule has 0 saturated heterocycles. The molecule has 1 saturated carbocycles. The van der Waals surface area contributed by atoms with E-state index in [0.29, 0.717) is 6.04 Å². The summed E-state index contributed by atoms with van der Waals surface area (Å²) < 4.78 is 2.12. The lowest BCUT2D eigenvalue weighted by molar-refractivity contribution is 0.328. The Labute approximate surface area is 108 Å². The normalized spacial score (nSPS) is 18.9. The maximum Gasteiger partial charge on any atom is 0.138 e. The summed E-state index contributed by atoms with van der Waals surface area (Å²) in [6.07, 6.45) is 10.8. The first kappa shape index (κ1) is 11.6. The average molecular weight is 243 g/mol. The van der Waals surface area contributed by atoms with Gasteiger partial charge in [-0.05, 0) is 37.8 Å². The Kier molecular flexibility index (Phi) is 3.22. The number of rotatable bonds is 3. The van der Waals surface area contributed by atoms with Gasteiger partial charge in [0.05, 0.1) is 0 Å². The molecule has 1 fully saturated rings. The summed E-state index contributed by atoms with van der Waals surface area (Å²) in [4.78, 5) is 4.32. The summed E-state index contributed by atoms with van der Waals surface area (Å²) in [6, 6.07) is 6.78. The molecule has 3 rings (SSSR count). The maximum absolute atomic E-state index is 4.32. The Morgan fingerprint density at radius 1 is 1.28 bits per heavy atom. The van der Waals surface area contributed by atoms with E-state index in [2.05, 4.69) is 33.8 Å². The fourth-order valence-electron chi connectivity index (χ4n) is 3.05. The highest BCUT2D eigenvalue weighted by molar-refractivity contribution is 5.50. The van der Waals surface area contributed by atoms with Gasteiger partial charge in [0.25, 0.3) is 0 Å². The Bertz CT molecular complexity index is 511. The van der Waals surface area contributed by atoms with E-state index in [1.807, 2.05) is 18.5 Å². The van der Waals surface area contributed by atoms with Crippen molar-refractivity contribution in [2.45, 2.75) is 45.1 Å². The molecule has 1 unspecified atom stereocenters. The Morgan fingerprint density at radius 2 is 2.11 bits per heavy atom. The van der Waals surface area contributed by atoms with Gasteiger partial charge < -0.3 is 5.32 Å². The minimum atomic E-state index is 0.540. The molecular formula is C15H21N3. The fraction of sp³-hybridized carbons (Fsp3) is 0.533. The van der Waals surface area contributed by atoms with E-state index in [0.717, 1.165) is 17.4 Å². The number of hydrogen-bond acceptors (Lipinski definition) is 2. The molecule has 0 amide bonds. The summed E-state index contributed by atoms with van der Waals surface area (Å²) in [5, 5.41) is 3.66. The molecular weight excluding hydrogens is 222 g/mol. The van der Waals surface area contributed by atoms with E-state index in [1.165, 1.54) is 32.1 Å². The second-order valence-corrected chi connectivity index (χ2v) is 5.40. The topological polar surface area (TPSA) is 29.3 Å². The zero-order valence-electron chi connectivity index (χ0n) is 11.0. The first-order valence-electron chi connectivity index (χ1n) is 7.03. The van der Waals surface area contributed by atoms with Crippen molar-refractivity contribution in [1.29, 1.82) is 0 Å². The van der Waals surface area contributed by atoms with E-state index in [-0.39, 0.29) is 0 Å².